The number of likely N-dealkylation sites (N-methyl/N-ethyl adjacent to an activating group) is 1. The van der Waals surface area contributed by atoms with E-state index in [4.69, 9.17) is 0 Å². The predicted molar refractivity (Wildman–Crippen MR) is 128 cm³/mol. The summed E-state index contributed by atoms with van der Waals surface area (Å²) in [6.45, 7) is 7.44. The number of hydrogen-bond donors (Lipinski definition) is 2. The number of benzene rings is 1. The van der Waals surface area contributed by atoms with Crippen molar-refractivity contribution in [2.45, 2.75) is 19.9 Å². The van der Waals surface area contributed by atoms with Gasteiger partial charge in [-0.1, -0.05) is 30.0 Å². The molecule has 2 aliphatic rings. The molecular weight excluding hydrogens is 418 g/mol. The average molecular weight is 446 g/mol. The zero-order valence-electron chi connectivity index (χ0n) is 18.5. The summed E-state index contributed by atoms with van der Waals surface area (Å²) in [5, 5.41) is 12.7. The molecule has 0 spiro atoms. The van der Waals surface area contributed by atoms with Crippen molar-refractivity contribution in [2.24, 2.45) is 0 Å². The van der Waals surface area contributed by atoms with Crippen molar-refractivity contribution in [3.63, 3.8) is 0 Å². The number of nitrogens with one attached hydrogen (secondary N) is 2. The van der Waals surface area contributed by atoms with Gasteiger partial charge in [-0.15, -0.1) is 11.3 Å². The molecule has 0 unspecified atom stereocenters. The maximum atomic E-state index is 11.0. The Morgan fingerprint density at radius 1 is 1.25 bits per heavy atom. The molecule has 164 valence electrons. The second-order valence-corrected chi connectivity index (χ2v) is 9.50. The summed E-state index contributed by atoms with van der Waals surface area (Å²) >= 11 is 1.61. The summed E-state index contributed by atoms with van der Waals surface area (Å²) in [5.41, 5.74) is 8.57. The molecule has 0 bridgehead atoms. The first-order chi connectivity index (χ1) is 15.6. The third kappa shape index (κ3) is 4.35. The van der Waals surface area contributed by atoms with Gasteiger partial charge in [0.2, 0.25) is 5.91 Å². The number of aromatic amines is 1. The van der Waals surface area contributed by atoms with Gasteiger partial charge in [-0.3, -0.25) is 14.8 Å². The molecule has 2 N–H and O–H groups in total. The van der Waals surface area contributed by atoms with Crippen molar-refractivity contribution in [3.8, 4) is 34.4 Å². The highest BCUT2D eigenvalue weighted by Crippen LogP contribution is 2.41. The number of thiophene rings is 1. The number of amides is 1. The van der Waals surface area contributed by atoms with Crippen LogP contribution >= 0.6 is 11.3 Å². The largest absolute Gasteiger partial charge is 0.345 e. The first-order valence-electron chi connectivity index (χ1n) is 11.0. The standard InChI is InChI=1S/C25H27N5OS/c1-17(31)26-7-3-4-21-13-20(16-32-21)24-23-14-19-12-18(5-6-22(19)25(23)28-27-24)15-30-10-8-29(2)9-11-30/h5-6,12-13,16H,7-11,14-15H2,1-2H3,(H,26,31)(H,27,28). The van der Waals surface area contributed by atoms with E-state index < -0.39 is 0 Å². The topological polar surface area (TPSA) is 64.3 Å². The first-order valence-corrected chi connectivity index (χ1v) is 11.9. The molecule has 0 atom stereocenters. The van der Waals surface area contributed by atoms with Gasteiger partial charge in [-0.2, -0.15) is 5.10 Å². The molecule has 0 saturated carbocycles. The number of rotatable bonds is 4. The molecule has 1 aromatic carbocycles. The SMILES string of the molecule is CC(=O)NCC#Cc1cc(-c2n[nH]c3c2Cc2cc(CN4CCN(C)CC4)ccc2-3)cs1. The van der Waals surface area contributed by atoms with Crippen molar-refractivity contribution in [3.05, 3.63) is 51.2 Å². The Hall–Kier alpha value is -2.92. The van der Waals surface area contributed by atoms with E-state index in [-0.39, 0.29) is 5.91 Å². The van der Waals surface area contributed by atoms with Crippen LogP contribution in [0.1, 0.15) is 28.5 Å². The summed E-state index contributed by atoms with van der Waals surface area (Å²) in [4.78, 5) is 16.9. The molecule has 3 heterocycles. The number of carbonyl (C=O) groups excluding carboxylic acids is 1. The quantitative estimate of drug-likeness (QED) is 0.474. The van der Waals surface area contributed by atoms with Crippen LogP contribution in [0.2, 0.25) is 0 Å². The molecule has 32 heavy (non-hydrogen) atoms. The predicted octanol–water partition coefficient (Wildman–Crippen LogP) is 2.94. The van der Waals surface area contributed by atoms with Crippen LogP contribution in [0.5, 0.6) is 0 Å². The Labute approximate surface area is 192 Å². The van der Waals surface area contributed by atoms with Gasteiger partial charge in [0.25, 0.3) is 0 Å². The maximum Gasteiger partial charge on any atom is 0.217 e. The lowest BCUT2D eigenvalue weighted by Gasteiger charge is -2.32. The highest BCUT2D eigenvalue weighted by atomic mass is 32.1. The fourth-order valence-corrected chi connectivity index (χ4v) is 5.17. The fourth-order valence-electron chi connectivity index (χ4n) is 4.41. The molecule has 2 aromatic heterocycles. The molecule has 3 aromatic rings. The Balaban J connectivity index is 1.30. The monoisotopic (exact) mass is 445 g/mol. The van der Waals surface area contributed by atoms with Crippen molar-refractivity contribution in [2.75, 3.05) is 39.8 Å². The van der Waals surface area contributed by atoms with Gasteiger partial charge in [-0.25, -0.2) is 0 Å². The van der Waals surface area contributed by atoms with E-state index in [2.05, 4.69) is 73.8 Å². The van der Waals surface area contributed by atoms with Gasteiger partial charge in [0.15, 0.2) is 0 Å². The van der Waals surface area contributed by atoms with E-state index >= 15 is 0 Å². The maximum absolute atomic E-state index is 11.0. The van der Waals surface area contributed by atoms with E-state index in [0.29, 0.717) is 6.54 Å². The number of hydrogen-bond acceptors (Lipinski definition) is 5. The molecule has 1 aliphatic heterocycles. The van der Waals surface area contributed by atoms with Crippen LogP contribution in [-0.4, -0.2) is 65.7 Å². The number of nitrogens with zero attached hydrogens (tertiary/aromatic N) is 3. The van der Waals surface area contributed by atoms with Crippen LogP contribution in [0.15, 0.2) is 29.6 Å². The first kappa shape index (κ1) is 21.0. The van der Waals surface area contributed by atoms with E-state index in [1.807, 2.05) is 0 Å². The van der Waals surface area contributed by atoms with Crippen LogP contribution in [0, 0.1) is 11.8 Å². The highest BCUT2D eigenvalue weighted by molar-refractivity contribution is 7.11. The fraction of sp³-hybridized carbons (Fsp3) is 0.360. The molecule has 7 heteroatoms. The highest BCUT2D eigenvalue weighted by Gasteiger charge is 2.26. The van der Waals surface area contributed by atoms with E-state index in [0.717, 1.165) is 61.0 Å². The molecule has 6 nitrogen and oxygen atoms in total. The van der Waals surface area contributed by atoms with E-state index in [1.165, 1.54) is 29.2 Å². The Morgan fingerprint density at radius 2 is 2.09 bits per heavy atom. The summed E-state index contributed by atoms with van der Waals surface area (Å²) in [5.74, 6) is 6.05. The van der Waals surface area contributed by atoms with Crippen molar-refractivity contribution < 1.29 is 4.79 Å². The van der Waals surface area contributed by atoms with Crippen LogP contribution < -0.4 is 5.32 Å². The van der Waals surface area contributed by atoms with E-state index in [1.54, 1.807) is 11.3 Å². The minimum atomic E-state index is -0.0653. The van der Waals surface area contributed by atoms with Crippen LogP contribution in [0.3, 0.4) is 0 Å². The molecule has 1 amide bonds. The molecule has 0 radical (unpaired) electrons. The normalized spacial score (nSPS) is 15.7. The number of H-pyrrole nitrogens is 1. The van der Waals surface area contributed by atoms with Crippen LogP contribution in [0.25, 0.3) is 22.5 Å². The lowest BCUT2D eigenvalue weighted by molar-refractivity contribution is -0.118. The Kier molecular flexibility index (Phi) is 5.83. The van der Waals surface area contributed by atoms with Gasteiger partial charge in [0, 0.05) is 68.1 Å². The molecule has 1 saturated heterocycles. The van der Waals surface area contributed by atoms with Gasteiger partial charge in [0.05, 0.1) is 22.8 Å². The second-order valence-electron chi connectivity index (χ2n) is 8.58. The number of aromatic nitrogens is 2. The number of fused-ring (bicyclic) bond motifs is 3. The van der Waals surface area contributed by atoms with Crippen molar-refractivity contribution in [1.29, 1.82) is 0 Å². The van der Waals surface area contributed by atoms with Crippen molar-refractivity contribution >= 4 is 17.2 Å². The van der Waals surface area contributed by atoms with Crippen LogP contribution in [-0.2, 0) is 17.8 Å². The summed E-state index contributed by atoms with van der Waals surface area (Å²) < 4.78 is 0. The Morgan fingerprint density at radius 3 is 2.91 bits per heavy atom. The lowest BCUT2D eigenvalue weighted by atomic mass is 10.0. The molecule has 1 fully saturated rings. The lowest BCUT2D eigenvalue weighted by Crippen LogP contribution is -2.43. The Bertz CT molecular complexity index is 1210. The molecule has 5 rings (SSSR count). The minimum absolute atomic E-state index is 0.0653. The molecular formula is C25H27N5OS. The second kappa shape index (κ2) is 8.91. The third-order valence-electron chi connectivity index (χ3n) is 6.19. The zero-order valence-corrected chi connectivity index (χ0v) is 19.3. The zero-order chi connectivity index (χ0) is 22.1. The number of carbonyl (C=O) groups is 1. The van der Waals surface area contributed by atoms with Gasteiger partial charge in [-0.05, 0) is 24.2 Å². The number of piperazine rings is 1. The average Bonchev–Trinajstić information content (AvgIpc) is 3.47. The van der Waals surface area contributed by atoms with Gasteiger partial charge >= 0.3 is 0 Å². The van der Waals surface area contributed by atoms with Gasteiger partial charge < -0.3 is 10.2 Å². The van der Waals surface area contributed by atoms with E-state index in [9.17, 15) is 4.79 Å². The minimum Gasteiger partial charge on any atom is -0.345 e. The summed E-state index contributed by atoms with van der Waals surface area (Å²) in [6, 6.07) is 8.97. The third-order valence-corrected chi connectivity index (χ3v) is 7.03. The molecule has 1 aliphatic carbocycles. The van der Waals surface area contributed by atoms with Crippen molar-refractivity contribution in [1.82, 2.24) is 25.3 Å². The summed E-state index contributed by atoms with van der Waals surface area (Å²) in [6.07, 6.45) is 0.909. The van der Waals surface area contributed by atoms with Gasteiger partial charge in [0.1, 0.15) is 0 Å². The smallest absolute Gasteiger partial charge is 0.217 e. The van der Waals surface area contributed by atoms with Crippen LogP contribution in [0.4, 0.5) is 0 Å². The summed E-state index contributed by atoms with van der Waals surface area (Å²) in [7, 11) is 2.20.